The second kappa shape index (κ2) is 5.29. The minimum atomic E-state index is -2.88. The molecule has 2 amide bonds. The first kappa shape index (κ1) is 12.2. The van der Waals surface area contributed by atoms with Gasteiger partial charge in [-0.15, -0.1) is 0 Å². The molecule has 6 heteroatoms. The number of alkyl halides is 2. The molecule has 1 N–H and O–H groups in total. The van der Waals surface area contributed by atoms with Gasteiger partial charge < -0.3 is 15.0 Å². The first-order chi connectivity index (χ1) is 7.49. The molecule has 0 aliphatic rings. The topological polar surface area (TPSA) is 41.6 Å². The van der Waals surface area contributed by atoms with Gasteiger partial charge in [-0.05, 0) is 12.1 Å². The minimum absolute atomic E-state index is 0.00607. The number of nitrogens with zero attached hydrogens (tertiary/aromatic N) is 1. The Morgan fingerprint density at radius 1 is 1.44 bits per heavy atom. The molecule has 1 rings (SSSR count). The zero-order valence-electron chi connectivity index (χ0n) is 8.91. The summed E-state index contributed by atoms with van der Waals surface area (Å²) in [5.41, 5.74) is 0.400. The van der Waals surface area contributed by atoms with E-state index in [9.17, 15) is 13.6 Å². The zero-order valence-corrected chi connectivity index (χ0v) is 8.91. The molecule has 16 heavy (non-hydrogen) atoms. The van der Waals surface area contributed by atoms with Gasteiger partial charge in [-0.1, -0.05) is 6.07 Å². The molecule has 4 nitrogen and oxygen atoms in total. The first-order valence-electron chi connectivity index (χ1n) is 4.52. The van der Waals surface area contributed by atoms with E-state index >= 15 is 0 Å². The van der Waals surface area contributed by atoms with Gasteiger partial charge >= 0.3 is 12.6 Å². The third-order valence-electron chi connectivity index (χ3n) is 1.72. The fourth-order valence-electron chi connectivity index (χ4n) is 0.985. The molecule has 0 aromatic heterocycles. The number of amides is 2. The Kier molecular flexibility index (Phi) is 4.04. The predicted octanol–water partition coefficient (Wildman–Crippen LogP) is 2.38. The van der Waals surface area contributed by atoms with E-state index in [4.69, 9.17) is 0 Å². The number of halogens is 2. The maximum absolute atomic E-state index is 11.9. The third kappa shape index (κ3) is 3.72. The van der Waals surface area contributed by atoms with Crippen molar-refractivity contribution in [3.63, 3.8) is 0 Å². The minimum Gasteiger partial charge on any atom is -0.435 e. The van der Waals surface area contributed by atoms with Gasteiger partial charge in [0.2, 0.25) is 0 Å². The first-order valence-corrected chi connectivity index (χ1v) is 4.52. The zero-order chi connectivity index (χ0) is 12.1. The highest BCUT2D eigenvalue weighted by molar-refractivity contribution is 5.89. The molecule has 0 unspecified atom stereocenters. The van der Waals surface area contributed by atoms with Crippen LogP contribution in [0.4, 0.5) is 19.3 Å². The molecule has 0 fully saturated rings. The van der Waals surface area contributed by atoms with E-state index < -0.39 is 6.61 Å². The van der Waals surface area contributed by atoms with Gasteiger partial charge in [-0.25, -0.2) is 4.79 Å². The van der Waals surface area contributed by atoms with Gasteiger partial charge in [0.25, 0.3) is 0 Å². The number of anilines is 1. The van der Waals surface area contributed by atoms with E-state index in [1.54, 1.807) is 20.2 Å². The quantitative estimate of drug-likeness (QED) is 0.866. The van der Waals surface area contributed by atoms with E-state index in [1.807, 2.05) is 0 Å². The van der Waals surface area contributed by atoms with Crippen LogP contribution in [0.2, 0.25) is 0 Å². The molecule has 0 heterocycles. The third-order valence-corrected chi connectivity index (χ3v) is 1.72. The average molecular weight is 230 g/mol. The van der Waals surface area contributed by atoms with Crippen molar-refractivity contribution in [1.29, 1.82) is 0 Å². The smallest absolute Gasteiger partial charge is 0.387 e. The molecule has 1 aromatic rings. The van der Waals surface area contributed by atoms with E-state index in [2.05, 4.69) is 10.1 Å². The Morgan fingerprint density at radius 3 is 2.69 bits per heavy atom. The molecule has 1 aromatic carbocycles. The number of ether oxygens (including phenoxy) is 1. The Labute approximate surface area is 91.8 Å². The van der Waals surface area contributed by atoms with Crippen molar-refractivity contribution in [2.45, 2.75) is 6.61 Å². The van der Waals surface area contributed by atoms with Crippen LogP contribution in [-0.2, 0) is 0 Å². The monoisotopic (exact) mass is 230 g/mol. The van der Waals surface area contributed by atoms with Crippen molar-refractivity contribution in [2.75, 3.05) is 19.4 Å². The van der Waals surface area contributed by atoms with Crippen LogP contribution in [0.5, 0.6) is 5.75 Å². The SMILES string of the molecule is CN(C)C(=O)Nc1cccc(OC(F)F)c1. The van der Waals surface area contributed by atoms with Crippen molar-refractivity contribution in [3.05, 3.63) is 24.3 Å². The van der Waals surface area contributed by atoms with Crippen LogP contribution in [0.25, 0.3) is 0 Å². The van der Waals surface area contributed by atoms with Crippen molar-refractivity contribution in [1.82, 2.24) is 4.90 Å². The van der Waals surface area contributed by atoms with Crippen molar-refractivity contribution in [2.24, 2.45) is 0 Å². The van der Waals surface area contributed by atoms with Crippen molar-refractivity contribution < 1.29 is 18.3 Å². The number of urea groups is 1. The summed E-state index contributed by atoms with van der Waals surface area (Å²) in [5, 5.41) is 2.52. The van der Waals surface area contributed by atoms with Gasteiger partial charge in [0.15, 0.2) is 0 Å². The summed E-state index contributed by atoms with van der Waals surface area (Å²) >= 11 is 0. The summed E-state index contributed by atoms with van der Waals surface area (Å²) in [5.74, 6) is 0.00607. The molecule has 0 saturated heterocycles. The van der Waals surface area contributed by atoms with E-state index in [0.717, 1.165) is 0 Å². The Hall–Kier alpha value is -1.85. The maximum atomic E-state index is 11.9. The second-order valence-corrected chi connectivity index (χ2v) is 3.23. The Bertz CT molecular complexity index is 370. The lowest BCUT2D eigenvalue weighted by Crippen LogP contribution is -2.27. The van der Waals surface area contributed by atoms with E-state index in [0.29, 0.717) is 5.69 Å². The molecule has 0 bridgehead atoms. The summed E-state index contributed by atoms with van der Waals surface area (Å²) < 4.78 is 28.0. The van der Waals surface area contributed by atoms with Crippen LogP contribution < -0.4 is 10.1 Å². The highest BCUT2D eigenvalue weighted by atomic mass is 19.3. The fraction of sp³-hybridized carbons (Fsp3) is 0.300. The second-order valence-electron chi connectivity index (χ2n) is 3.23. The number of hydrogen-bond donors (Lipinski definition) is 1. The van der Waals surface area contributed by atoms with Crippen LogP contribution in [0, 0.1) is 0 Å². The van der Waals surface area contributed by atoms with Gasteiger partial charge in [-0.2, -0.15) is 8.78 Å². The number of carbonyl (C=O) groups excluding carboxylic acids is 1. The van der Waals surface area contributed by atoms with Crippen molar-refractivity contribution >= 4 is 11.7 Å². The van der Waals surface area contributed by atoms with Gasteiger partial charge in [0.1, 0.15) is 5.75 Å². The van der Waals surface area contributed by atoms with Crippen LogP contribution in [0.3, 0.4) is 0 Å². The van der Waals surface area contributed by atoms with Crippen molar-refractivity contribution in [3.8, 4) is 5.75 Å². The highest BCUT2D eigenvalue weighted by Crippen LogP contribution is 2.19. The van der Waals surface area contributed by atoms with Gasteiger partial charge in [0.05, 0.1) is 0 Å². The molecule has 0 spiro atoms. The molecular weight excluding hydrogens is 218 g/mol. The lowest BCUT2D eigenvalue weighted by molar-refractivity contribution is -0.0497. The number of hydrogen-bond acceptors (Lipinski definition) is 2. The molecule has 0 radical (unpaired) electrons. The summed E-state index contributed by atoms with van der Waals surface area (Å²) in [6.45, 7) is -2.88. The molecule has 88 valence electrons. The predicted molar refractivity (Wildman–Crippen MR) is 55.8 cm³/mol. The number of nitrogens with one attached hydrogen (secondary N) is 1. The molecule has 0 saturated carbocycles. The average Bonchev–Trinajstić information content (AvgIpc) is 2.16. The van der Waals surface area contributed by atoms with Crippen LogP contribution in [0.15, 0.2) is 24.3 Å². The highest BCUT2D eigenvalue weighted by Gasteiger charge is 2.07. The maximum Gasteiger partial charge on any atom is 0.387 e. The van der Waals surface area contributed by atoms with Crippen LogP contribution in [0.1, 0.15) is 0 Å². The van der Waals surface area contributed by atoms with Gasteiger partial charge in [-0.3, -0.25) is 0 Å². The number of benzene rings is 1. The summed E-state index contributed by atoms with van der Waals surface area (Å²) in [6, 6.07) is 5.47. The van der Waals surface area contributed by atoms with E-state index in [1.165, 1.54) is 23.1 Å². The van der Waals surface area contributed by atoms with Crippen LogP contribution in [-0.4, -0.2) is 31.6 Å². The summed E-state index contributed by atoms with van der Waals surface area (Å²) in [6.07, 6.45) is 0. The fourth-order valence-corrected chi connectivity index (χ4v) is 0.985. The largest absolute Gasteiger partial charge is 0.435 e. The number of rotatable bonds is 3. The lowest BCUT2D eigenvalue weighted by atomic mass is 10.3. The standard InChI is InChI=1S/C10H12F2N2O2/c1-14(2)10(15)13-7-4-3-5-8(6-7)16-9(11)12/h3-6,9H,1-2H3,(H,13,15). The molecule has 0 aliphatic heterocycles. The van der Waals surface area contributed by atoms with E-state index in [-0.39, 0.29) is 11.8 Å². The van der Waals surface area contributed by atoms with Crippen LogP contribution >= 0.6 is 0 Å². The number of carbonyl (C=O) groups is 1. The summed E-state index contributed by atoms with van der Waals surface area (Å²) in [7, 11) is 3.16. The molecular formula is C10H12F2N2O2. The normalized spacial score (nSPS) is 10.1. The van der Waals surface area contributed by atoms with Gasteiger partial charge in [0, 0.05) is 25.8 Å². The Balaban J connectivity index is 2.71. The summed E-state index contributed by atoms with van der Waals surface area (Å²) in [4.78, 5) is 12.6. The molecule has 0 atom stereocenters. The molecule has 0 aliphatic carbocycles. The Morgan fingerprint density at radius 2 is 2.12 bits per heavy atom. The lowest BCUT2D eigenvalue weighted by Gasteiger charge is -2.12.